The SMILES string of the molecule is O=C(Cc1nc2c(c(=O)[nH]1)[C@H]1CCCC[C@H]1S2)Nc1ccc(Cl)cc1. The van der Waals surface area contributed by atoms with Gasteiger partial charge in [0.05, 0.1) is 12.0 Å². The Bertz CT molecular complexity index is 866. The van der Waals surface area contributed by atoms with Crippen molar-refractivity contribution in [2.45, 2.75) is 48.3 Å². The fourth-order valence-electron chi connectivity index (χ4n) is 3.61. The summed E-state index contributed by atoms with van der Waals surface area (Å²) in [4.78, 5) is 32.1. The van der Waals surface area contributed by atoms with Crippen molar-refractivity contribution in [3.63, 3.8) is 0 Å². The van der Waals surface area contributed by atoms with Crippen molar-refractivity contribution in [1.29, 1.82) is 0 Å². The second kappa shape index (κ2) is 6.84. The van der Waals surface area contributed by atoms with E-state index in [2.05, 4.69) is 15.3 Å². The smallest absolute Gasteiger partial charge is 0.255 e. The van der Waals surface area contributed by atoms with Crippen LogP contribution in [0, 0.1) is 0 Å². The zero-order valence-electron chi connectivity index (χ0n) is 13.5. The van der Waals surface area contributed by atoms with Crippen molar-refractivity contribution in [2.75, 3.05) is 5.32 Å². The molecule has 2 aliphatic rings. The van der Waals surface area contributed by atoms with Crippen LogP contribution in [0.25, 0.3) is 0 Å². The predicted molar refractivity (Wildman–Crippen MR) is 99.5 cm³/mol. The normalized spacial score (nSPS) is 21.5. The summed E-state index contributed by atoms with van der Waals surface area (Å²) in [5, 5.41) is 4.68. The van der Waals surface area contributed by atoms with Gasteiger partial charge >= 0.3 is 0 Å². The van der Waals surface area contributed by atoms with Crippen molar-refractivity contribution < 1.29 is 4.79 Å². The average molecular weight is 376 g/mol. The van der Waals surface area contributed by atoms with Crippen LogP contribution in [0.4, 0.5) is 5.69 Å². The maximum Gasteiger partial charge on any atom is 0.255 e. The lowest BCUT2D eigenvalue weighted by Gasteiger charge is -2.23. The average Bonchev–Trinajstić information content (AvgIpc) is 2.95. The molecule has 0 radical (unpaired) electrons. The van der Waals surface area contributed by atoms with Crippen molar-refractivity contribution in [3.8, 4) is 0 Å². The number of hydrogen-bond donors (Lipinski definition) is 2. The van der Waals surface area contributed by atoms with Crippen molar-refractivity contribution in [2.24, 2.45) is 0 Å². The summed E-state index contributed by atoms with van der Waals surface area (Å²) in [5.41, 5.74) is 1.41. The molecule has 2 heterocycles. The Hall–Kier alpha value is -1.79. The highest BCUT2D eigenvalue weighted by molar-refractivity contribution is 8.00. The molecule has 2 N–H and O–H groups in total. The minimum absolute atomic E-state index is 0.0427. The maximum absolute atomic E-state index is 12.5. The summed E-state index contributed by atoms with van der Waals surface area (Å²) in [6, 6.07) is 6.90. The number of fused-ring (bicyclic) bond motifs is 3. The zero-order chi connectivity index (χ0) is 17.4. The largest absolute Gasteiger partial charge is 0.326 e. The van der Waals surface area contributed by atoms with E-state index in [0.29, 0.717) is 27.7 Å². The number of anilines is 1. The number of H-pyrrole nitrogens is 1. The molecule has 1 aliphatic carbocycles. The summed E-state index contributed by atoms with van der Waals surface area (Å²) in [5.74, 6) is 0.522. The Labute approximate surface area is 154 Å². The number of aromatic nitrogens is 2. The molecule has 0 saturated heterocycles. The molecular weight excluding hydrogens is 358 g/mol. The molecule has 5 nitrogen and oxygen atoms in total. The highest BCUT2D eigenvalue weighted by atomic mass is 35.5. The van der Waals surface area contributed by atoms with Gasteiger partial charge in [0.25, 0.3) is 5.56 Å². The molecule has 4 rings (SSSR count). The van der Waals surface area contributed by atoms with Crippen LogP contribution in [-0.4, -0.2) is 21.1 Å². The molecule has 1 aliphatic heterocycles. The van der Waals surface area contributed by atoms with Gasteiger partial charge in [-0.3, -0.25) is 9.59 Å². The number of nitrogens with zero attached hydrogens (tertiary/aromatic N) is 1. The van der Waals surface area contributed by atoms with E-state index in [-0.39, 0.29) is 17.9 Å². The van der Waals surface area contributed by atoms with Crippen LogP contribution in [0.3, 0.4) is 0 Å². The van der Waals surface area contributed by atoms with Crippen LogP contribution in [0.1, 0.15) is 43.0 Å². The highest BCUT2D eigenvalue weighted by Crippen LogP contribution is 2.49. The van der Waals surface area contributed by atoms with E-state index in [4.69, 9.17) is 11.6 Å². The standard InChI is InChI=1S/C18H18ClN3O2S/c19-10-5-7-11(8-6-10)20-15(23)9-14-21-17(24)16-12-3-1-2-4-13(12)25-18(16)22-14/h5-8,12-13H,1-4,9H2,(H,20,23)(H,21,22,24)/t12-,13+/m0/s1. The number of hydrogen-bond acceptors (Lipinski definition) is 4. The second-order valence-electron chi connectivity index (χ2n) is 6.51. The van der Waals surface area contributed by atoms with Crippen molar-refractivity contribution >= 4 is 35.0 Å². The molecular formula is C18H18ClN3O2S. The van der Waals surface area contributed by atoms with Gasteiger partial charge in [-0.15, -0.1) is 11.8 Å². The molecule has 25 heavy (non-hydrogen) atoms. The Morgan fingerprint density at radius 2 is 2.04 bits per heavy atom. The molecule has 1 saturated carbocycles. The van der Waals surface area contributed by atoms with Crippen LogP contribution >= 0.6 is 23.4 Å². The summed E-state index contributed by atoms with van der Waals surface area (Å²) in [6.07, 6.45) is 4.63. The molecule has 0 spiro atoms. The topological polar surface area (TPSA) is 74.8 Å². The van der Waals surface area contributed by atoms with Gasteiger partial charge in [-0.2, -0.15) is 0 Å². The van der Waals surface area contributed by atoms with Gasteiger partial charge in [0.15, 0.2) is 0 Å². The van der Waals surface area contributed by atoms with Crippen LogP contribution < -0.4 is 10.9 Å². The Morgan fingerprint density at radius 3 is 2.84 bits per heavy atom. The van der Waals surface area contributed by atoms with Gasteiger partial charge < -0.3 is 10.3 Å². The van der Waals surface area contributed by atoms with Crippen molar-refractivity contribution in [3.05, 3.63) is 51.0 Å². The fraction of sp³-hybridized carbons (Fsp3) is 0.389. The first-order valence-electron chi connectivity index (χ1n) is 8.45. The molecule has 1 fully saturated rings. The van der Waals surface area contributed by atoms with Crippen LogP contribution in [0.5, 0.6) is 0 Å². The Balaban J connectivity index is 1.50. The quantitative estimate of drug-likeness (QED) is 0.801. The van der Waals surface area contributed by atoms with Gasteiger partial charge in [-0.1, -0.05) is 24.4 Å². The molecule has 2 aromatic rings. The van der Waals surface area contributed by atoms with Gasteiger partial charge in [0, 0.05) is 21.9 Å². The molecule has 2 atom stereocenters. The highest BCUT2D eigenvalue weighted by Gasteiger charge is 2.38. The third kappa shape index (κ3) is 3.46. The minimum atomic E-state index is -0.217. The number of benzene rings is 1. The van der Waals surface area contributed by atoms with E-state index in [1.165, 1.54) is 12.8 Å². The van der Waals surface area contributed by atoms with E-state index >= 15 is 0 Å². The van der Waals surface area contributed by atoms with E-state index in [1.807, 2.05) is 0 Å². The third-order valence-corrected chi connectivity index (χ3v) is 6.42. The lowest BCUT2D eigenvalue weighted by molar-refractivity contribution is -0.115. The molecule has 1 aromatic carbocycles. The number of nitrogens with one attached hydrogen (secondary N) is 2. The molecule has 0 bridgehead atoms. The molecule has 130 valence electrons. The number of halogens is 1. The first kappa shape index (κ1) is 16.7. The lowest BCUT2D eigenvalue weighted by atomic mass is 9.85. The first-order chi connectivity index (χ1) is 12.1. The summed E-state index contributed by atoms with van der Waals surface area (Å²) >= 11 is 7.54. The van der Waals surface area contributed by atoms with Crippen molar-refractivity contribution in [1.82, 2.24) is 9.97 Å². The lowest BCUT2D eigenvalue weighted by Crippen LogP contribution is -2.24. The molecule has 0 unspecified atom stereocenters. The molecule has 1 amide bonds. The summed E-state index contributed by atoms with van der Waals surface area (Å²) in [6.45, 7) is 0. The summed E-state index contributed by atoms with van der Waals surface area (Å²) in [7, 11) is 0. The van der Waals surface area contributed by atoms with E-state index in [9.17, 15) is 9.59 Å². The van der Waals surface area contributed by atoms with Crippen LogP contribution in [0.2, 0.25) is 5.02 Å². The van der Waals surface area contributed by atoms with E-state index in [0.717, 1.165) is 23.4 Å². The van der Waals surface area contributed by atoms with Gasteiger partial charge in [0.2, 0.25) is 5.91 Å². The number of thioether (sulfide) groups is 1. The van der Waals surface area contributed by atoms with E-state index < -0.39 is 0 Å². The van der Waals surface area contributed by atoms with Gasteiger partial charge in [0.1, 0.15) is 10.9 Å². The number of rotatable bonds is 3. The van der Waals surface area contributed by atoms with E-state index in [1.54, 1.807) is 36.0 Å². The monoisotopic (exact) mass is 375 g/mol. The number of carbonyl (C=O) groups excluding carboxylic acids is 1. The van der Waals surface area contributed by atoms with Crippen LogP contribution in [0.15, 0.2) is 34.1 Å². The summed E-state index contributed by atoms with van der Waals surface area (Å²) < 4.78 is 0. The molecule has 1 aromatic heterocycles. The maximum atomic E-state index is 12.5. The number of carbonyl (C=O) groups is 1. The van der Waals surface area contributed by atoms with Crippen LogP contribution in [-0.2, 0) is 11.2 Å². The fourth-order valence-corrected chi connectivity index (χ4v) is 5.28. The van der Waals surface area contributed by atoms with Gasteiger partial charge in [-0.25, -0.2) is 4.98 Å². The molecule has 7 heteroatoms. The zero-order valence-corrected chi connectivity index (χ0v) is 15.1. The second-order valence-corrected chi connectivity index (χ2v) is 8.17. The predicted octanol–water partition coefficient (Wildman–Crippen LogP) is 3.74. The first-order valence-corrected chi connectivity index (χ1v) is 9.71. The Kier molecular flexibility index (Phi) is 4.56. The number of aromatic amines is 1. The number of amides is 1. The minimum Gasteiger partial charge on any atom is -0.326 e. The van der Waals surface area contributed by atoms with Gasteiger partial charge in [-0.05, 0) is 37.1 Å². The Morgan fingerprint density at radius 1 is 1.28 bits per heavy atom. The third-order valence-electron chi connectivity index (χ3n) is 4.76.